The number of alkyl halides is 1. The Morgan fingerprint density at radius 3 is 2.37 bits per heavy atom. The van der Waals surface area contributed by atoms with Gasteiger partial charge in [-0.15, -0.1) is 0 Å². The van der Waals surface area contributed by atoms with Crippen LogP contribution in [0.3, 0.4) is 0 Å². The molecule has 13 nitrogen and oxygen atoms in total. The Labute approximate surface area is 409 Å². The minimum absolute atomic E-state index is 0.0125. The van der Waals surface area contributed by atoms with Crippen molar-refractivity contribution >= 4 is 39.8 Å². The zero-order valence-corrected chi connectivity index (χ0v) is 40.8. The second kappa shape index (κ2) is 19.2. The fourth-order valence-corrected chi connectivity index (χ4v) is 11.2. The summed E-state index contributed by atoms with van der Waals surface area (Å²) in [6, 6.07) is 16.4. The molecular formula is C55H59F3N6O7. The number of fused-ring (bicyclic) bond motifs is 8. The number of cyclic esters (lactones) is 1. The molecule has 0 radical (unpaired) electrons. The van der Waals surface area contributed by atoms with Gasteiger partial charge in [-0.2, -0.15) is 0 Å². The average Bonchev–Trinajstić information content (AvgIpc) is 3.90. The number of carbonyl (C=O) groups is 3. The van der Waals surface area contributed by atoms with Crippen molar-refractivity contribution in [3.63, 3.8) is 0 Å². The van der Waals surface area contributed by atoms with Crippen LogP contribution >= 0.6 is 0 Å². The summed E-state index contributed by atoms with van der Waals surface area (Å²) < 4.78 is 66.2. The normalized spacial score (nSPS) is 18.8. The summed E-state index contributed by atoms with van der Waals surface area (Å²) in [5, 5.41) is 1.82. The molecule has 4 aliphatic heterocycles. The van der Waals surface area contributed by atoms with Gasteiger partial charge in [0.1, 0.15) is 35.4 Å². The number of amides is 2. The molecule has 1 N–H and O–H groups in total. The van der Waals surface area contributed by atoms with Crippen LogP contribution in [0.4, 0.5) is 18.0 Å². The Bertz CT molecular complexity index is 3130. The van der Waals surface area contributed by atoms with Crippen molar-refractivity contribution < 1.29 is 41.8 Å². The smallest absolute Gasteiger partial charge is 0.415 e. The first-order valence-electron chi connectivity index (χ1n) is 24.9. The van der Waals surface area contributed by atoms with Crippen LogP contribution in [0, 0.1) is 11.6 Å². The second-order valence-corrected chi connectivity index (χ2v) is 20.0. The number of aromatic nitrogens is 3. The highest BCUT2D eigenvalue weighted by atomic mass is 19.1. The van der Waals surface area contributed by atoms with Gasteiger partial charge in [-0.25, -0.2) is 22.9 Å². The van der Waals surface area contributed by atoms with Crippen molar-refractivity contribution in [2.45, 2.75) is 116 Å². The van der Waals surface area contributed by atoms with Crippen LogP contribution in [-0.2, 0) is 40.3 Å². The molecule has 10 rings (SSSR count). The Hall–Kier alpha value is -6.68. The zero-order chi connectivity index (χ0) is 49.9. The molecule has 372 valence electrons. The van der Waals surface area contributed by atoms with E-state index in [4.69, 9.17) is 19.2 Å². The number of esters is 1. The van der Waals surface area contributed by atoms with Crippen LogP contribution in [0.5, 0.6) is 11.5 Å². The molecule has 0 saturated carbocycles. The van der Waals surface area contributed by atoms with Gasteiger partial charge in [0.05, 0.1) is 47.6 Å². The molecule has 3 atom stereocenters. The van der Waals surface area contributed by atoms with Crippen molar-refractivity contribution in [1.29, 1.82) is 0 Å². The summed E-state index contributed by atoms with van der Waals surface area (Å²) in [5.74, 6) is -1.94. The minimum Gasteiger partial charge on any atom is -0.493 e. The van der Waals surface area contributed by atoms with Crippen molar-refractivity contribution in [2.75, 3.05) is 39.3 Å². The first kappa shape index (κ1) is 48.0. The quantitative estimate of drug-likeness (QED) is 0.0884. The van der Waals surface area contributed by atoms with E-state index in [9.17, 15) is 19.2 Å². The van der Waals surface area contributed by atoms with Crippen LogP contribution in [0.2, 0.25) is 0 Å². The minimum atomic E-state index is -1.60. The number of aromatic amines is 1. The Morgan fingerprint density at radius 1 is 0.887 bits per heavy atom. The molecule has 7 heterocycles. The third-order valence-electron chi connectivity index (χ3n) is 14.8. The molecule has 6 aromatic rings. The van der Waals surface area contributed by atoms with Crippen molar-refractivity contribution in [3.8, 4) is 22.9 Å². The summed E-state index contributed by atoms with van der Waals surface area (Å²) >= 11 is 0. The summed E-state index contributed by atoms with van der Waals surface area (Å²) in [6.45, 7) is 10.7. The zero-order valence-electron chi connectivity index (χ0n) is 40.8. The van der Waals surface area contributed by atoms with E-state index >= 15 is 13.2 Å². The largest absolute Gasteiger partial charge is 0.493 e. The maximum absolute atomic E-state index is 16.1. The number of halogens is 3. The highest BCUT2D eigenvalue weighted by Gasteiger charge is 2.41. The van der Waals surface area contributed by atoms with E-state index in [2.05, 4.69) is 4.98 Å². The Balaban J connectivity index is 0.706. The molecule has 71 heavy (non-hydrogen) atoms. The molecule has 0 unspecified atom stereocenters. The van der Waals surface area contributed by atoms with E-state index in [0.29, 0.717) is 117 Å². The number of benzene rings is 3. The van der Waals surface area contributed by atoms with Gasteiger partial charge in [-0.05, 0) is 106 Å². The topological polar surface area (TPSA) is 139 Å². The number of hydrogen-bond acceptors (Lipinski definition) is 9. The van der Waals surface area contributed by atoms with Gasteiger partial charge in [-0.1, -0.05) is 32.0 Å². The number of nitrogens with zero attached hydrogens (tertiary/aromatic N) is 5. The molecule has 0 bridgehead atoms. The van der Waals surface area contributed by atoms with Gasteiger partial charge < -0.3 is 33.6 Å². The fourth-order valence-electron chi connectivity index (χ4n) is 11.2. The number of hydrogen-bond donors (Lipinski definition) is 1. The molecule has 2 amide bonds. The van der Waals surface area contributed by atoms with E-state index in [-0.39, 0.29) is 54.5 Å². The van der Waals surface area contributed by atoms with Gasteiger partial charge in [0.2, 0.25) is 5.91 Å². The van der Waals surface area contributed by atoms with E-state index in [0.717, 1.165) is 33.0 Å². The number of piperazine rings is 1. The summed E-state index contributed by atoms with van der Waals surface area (Å²) in [6.07, 6.45) is 3.41. The SMILES string of the molecule is CCc1c2c(nc3ccc(OC(=O)N4CCN(C(=O)CCCCCOc5cc(F)c([C@@H]6c7[nH]c8ccccc8c7C[C@@H](C)N6CC(C)(C)F)c(F)c5)CC4)cc13)-c1cc3c(c(=O)n1C2)COC(=O)[C@@H]3CC. The number of aryl methyl sites for hydroxylation is 1. The number of pyridine rings is 2. The van der Waals surface area contributed by atoms with Crippen LogP contribution in [0.1, 0.15) is 118 Å². The Morgan fingerprint density at radius 2 is 1.63 bits per heavy atom. The van der Waals surface area contributed by atoms with Crippen molar-refractivity contribution in [1.82, 2.24) is 29.2 Å². The number of para-hydroxylation sites is 1. The average molecular weight is 973 g/mol. The van der Waals surface area contributed by atoms with Crippen LogP contribution in [0.25, 0.3) is 33.2 Å². The lowest BCUT2D eigenvalue weighted by Gasteiger charge is -2.43. The molecule has 1 fully saturated rings. The van der Waals surface area contributed by atoms with Crippen LogP contribution in [-0.4, -0.2) is 98.2 Å². The van der Waals surface area contributed by atoms with Gasteiger partial charge >= 0.3 is 12.1 Å². The fraction of sp³-hybridized carbons (Fsp3) is 0.436. The molecule has 3 aromatic heterocycles. The van der Waals surface area contributed by atoms with Crippen molar-refractivity contribution in [2.24, 2.45) is 0 Å². The lowest BCUT2D eigenvalue weighted by atomic mass is 9.87. The first-order chi connectivity index (χ1) is 34.1. The van der Waals surface area contributed by atoms with Crippen LogP contribution in [0.15, 0.2) is 65.5 Å². The summed E-state index contributed by atoms with van der Waals surface area (Å²) in [5.41, 5.74) is 5.84. The number of unbranched alkanes of at least 4 members (excludes halogenated alkanes) is 2. The first-order valence-corrected chi connectivity index (χ1v) is 24.9. The third kappa shape index (κ3) is 9.04. The lowest BCUT2D eigenvalue weighted by Crippen LogP contribution is -2.51. The van der Waals surface area contributed by atoms with E-state index in [1.165, 1.54) is 26.0 Å². The molecule has 1 saturated heterocycles. The third-order valence-corrected chi connectivity index (χ3v) is 14.8. The predicted octanol–water partition coefficient (Wildman–Crippen LogP) is 9.66. The predicted molar refractivity (Wildman–Crippen MR) is 262 cm³/mol. The Kier molecular flexibility index (Phi) is 12.9. The maximum atomic E-state index is 16.1. The van der Waals surface area contributed by atoms with Crippen molar-refractivity contribution in [3.05, 3.63) is 122 Å². The monoisotopic (exact) mass is 972 g/mol. The highest BCUT2D eigenvalue weighted by molar-refractivity contribution is 5.90. The number of carbonyl (C=O) groups excluding carboxylic acids is 3. The van der Waals surface area contributed by atoms with E-state index in [1.807, 2.05) is 68.1 Å². The summed E-state index contributed by atoms with van der Waals surface area (Å²) in [7, 11) is 0. The second-order valence-electron chi connectivity index (χ2n) is 20.0. The summed E-state index contributed by atoms with van der Waals surface area (Å²) in [4.78, 5) is 66.4. The standard InChI is InChI=1S/C55H59F3N6O7/c1-6-34-38-24-32(16-17-45(38)59-49-40(34)28-63-46(49)27-37-35(7-2)53(67)70-29-41(37)52(63)66)71-54(68)62-20-18-61(19-21-62)47(65)15-9-8-12-22-69-33-25-42(56)48(43(57)26-33)51-50-39(36-13-10-11-14-44(36)60-50)23-31(3)64(51)30-55(4,5)58/h10-11,13-14,16-17,24-27,31,35,51,60H,6-9,12,15,18-23,28-30H2,1-5H3/t31-,35-,51-/m1/s1. The molecule has 0 spiro atoms. The van der Waals surface area contributed by atoms with E-state index < -0.39 is 35.4 Å². The molecule has 4 aliphatic rings. The number of nitrogens with one attached hydrogen (secondary N) is 1. The molecule has 0 aliphatic carbocycles. The van der Waals surface area contributed by atoms with Gasteiger partial charge in [0, 0.05) is 90.4 Å². The van der Waals surface area contributed by atoms with Crippen LogP contribution < -0.4 is 15.0 Å². The lowest BCUT2D eigenvalue weighted by molar-refractivity contribution is -0.148. The van der Waals surface area contributed by atoms with E-state index in [1.54, 1.807) is 20.4 Å². The highest BCUT2D eigenvalue weighted by Crippen LogP contribution is 2.44. The number of rotatable bonds is 13. The molecular weight excluding hydrogens is 914 g/mol. The number of ether oxygens (including phenoxy) is 3. The number of H-pyrrole nitrogens is 1. The van der Waals surface area contributed by atoms with Gasteiger partial charge in [0.25, 0.3) is 5.56 Å². The van der Waals surface area contributed by atoms with Gasteiger partial charge in [-0.3, -0.25) is 19.3 Å². The molecule has 16 heteroatoms. The maximum Gasteiger partial charge on any atom is 0.415 e. The van der Waals surface area contributed by atoms with Gasteiger partial charge in [0.15, 0.2) is 0 Å². The molecule has 3 aromatic carbocycles.